The molecule has 1 amide bonds. The van der Waals surface area contributed by atoms with Crippen LogP contribution in [0.15, 0.2) is 42.5 Å². The number of aliphatic hydroxyl groups is 1. The summed E-state index contributed by atoms with van der Waals surface area (Å²) in [6, 6.07) is 11.2. The van der Waals surface area contributed by atoms with Gasteiger partial charge in [0.15, 0.2) is 0 Å². The highest BCUT2D eigenvalue weighted by Gasteiger charge is 2.28. The highest BCUT2D eigenvalue weighted by molar-refractivity contribution is 6.06. The molecule has 1 N–H and O–H groups in total. The number of hydrogen-bond acceptors (Lipinski definition) is 2. The van der Waals surface area contributed by atoms with Gasteiger partial charge in [0, 0.05) is 23.4 Å². The molecule has 108 valence electrons. The third-order valence-corrected chi connectivity index (χ3v) is 3.80. The van der Waals surface area contributed by atoms with Crippen LogP contribution in [-0.4, -0.2) is 17.6 Å². The van der Waals surface area contributed by atoms with E-state index < -0.39 is 6.10 Å². The van der Waals surface area contributed by atoms with E-state index in [0.29, 0.717) is 18.5 Å². The molecule has 1 atom stereocenters. The smallest absolute Gasteiger partial charge is 0.258 e. The summed E-state index contributed by atoms with van der Waals surface area (Å²) < 4.78 is 13.0. The van der Waals surface area contributed by atoms with Crippen LogP contribution in [0.5, 0.6) is 0 Å². The molecule has 0 radical (unpaired) electrons. The van der Waals surface area contributed by atoms with Gasteiger partial charge in [-0.05, 0) is 43.7 Å². The number of rotatable bonds is 1. The van der Waals surface area contributed by atoms with Gasteiger partial charge in [-0.25, -0.2) is 4.39 Å². The first-order valence-electron chi connectivity index (χ1n) is 6.92. The predicted molar refractivity (Wildman–Crippen MR) is 78.8 cm³/mol. The minimum absolute atomic E-state index is 0.174. The number of halogens is 1. The number of anilines is 1. The van der Waals surface area contributed by atoms with Crippen molar-refractivity contribution in [3.63, 3.8) is 0 Å². The second-order valence-electron chi connectivity index (χ2n) is 5.33. The number of aliphatic hydroxyl groups excluding tert-OH is 1. The van der Waals surface area contributed by atoms with E-state index in [1.165, 1.54) is 24.3 Å². The van der Waals surface area contributed by atoms with Gasteiger partial charge in [-0.2, -0.15) is 0 Å². The molecule has 1 aliphatic heterocycles. The summed E-state index contributed by atoms with van der Waals surface area (Å²) >= 11 is 0. The lowest BCUT2D eigenvalue weighted by molar-refractivity contribution is 0.0970. The number of carbonyl (C=O) groups is 1. The van der Waals surface area contributed by atoms with Gasteiger partial charge in [-0.1, -0.05) is 17.7 Å². The summed E-state index contributed by atoms with van der Waals surface area (Å²) in [6.07, 6.45) is -0.0409. The number of nitrogens with zero attached hydrogens (tertiary/aromatic N) is 1. The molecule has 21 heavy (non-hydrogen) atoms. The lowest BCUT2D eigenvalue weighted by Crippen LogP contribution is -2.36. The van der Waals surface area contributed by atoms with Gasteiger partial charge in [0.05, 0.1) is 6.10 Å². The molecule has 0 saturated carbocycles. The average molecular weight is 285 g/mol. The molecule has 1 aliphatic rings. The van der Waals surface area contributed by atoms with Crippen molar-refractivity contribution in [2.45, 2.75) is 19.4 Å². The highest BCUT2D eigenvalue weighted by atomic mass is 19.1. The van der Waals surface area contributed by atoms with Crippen LogP contribution in [-0.2, 0) is 0 Å². The van der Waals surface area contributed by atoms with Gasteiger partial charge >= 0.3 is 0 Å². The Balaban J connectivity index is 1.99. The molecule has 3 rings (SSSR count). The number of hydrogen-bond donors (Lipinski definition) is 1. The van der Waals surface area contributed by atoms with Gasteiger partial charge in [0.25, 0.3) is 5.91 Å². The second-order valence-corrected chi connectivity index (χ2v) is 5.33. The van der Waals surface area contributed by atoms with E-state index in [-0.39, 0.29) is 11.7 Å². The Kier molecular flexibility index (Phi) is 3.47. The summed E-state index contributed by atoms with van der Waals surface area (Å²) in [5.41, 5.74) is 2.99. The van der Waals surface area contributed by atoms with E-state index >= 15 is 0 Å². The minimum atomic E-state index is -0.544. The van der Waals surface area contributed by atoms with Crippen LogP contribution in [0.1, 0.15) is 34.0 Å². The molecule has 0 spiro atoms. The van der Waals surface area contributed by atoms with Crippen LogP contribution < -0.4 is 4.90 Å². The van der Waals surface area contributed by atoms with Crippen LogP contribution in [0, 0.1) is 12.7 Å². The van der Waals surface area contributed by atoms with Crippen LogP contribution in [0.25, 0.3) is 0 Å². The molecule has 1 unspecified atom stereocenters. The molecule has 1 heterocycles. The summed E-state index contributed by atoms with van der Waals surface area (Å²) in [6.45, 7) is 2.40. The molecular formula is C17H16FNO2. The number of carbonyl (C=O) groups excluding carboxylic acids is 1. The van der Waals surface area contributed by atoms with Crippen molar-refractivity contribution in [2.75, 3.05) is 11.4 Å². The van der Waals surface area contributed by atoms with E-state index in [2.05, 4.69) is 0 Å². The van der Waals surface area contributed by atoms with Crippen molar-refractivity contribution in [3.05, 3.63) is 65.0 Å². The highest BCUT2D eigenvalue weighted by Crippen LogP contribution is 2.35. The van der Waals surface area contributed by atoms with Gasteiger partial charge in [-0.15, -0.1) is 0 Å². The van der Waals surface area contributed by atoms with Crippen LogP contribution in [0.2, 0.25) is 0 Å². The number of aryl methyl sites for hydroxylation is 1. The first kappa shape index (κ1) is 13.8. The summed E-state index contributed by atoms with van der Waals surface area (Å²) in [7, 11) is 0. The molecule has 2 aromatic carbocycles. The first-order valence-corrected chi connectivity index (χ1v) is 6.92. The van der Waals surface area contributed by atoms with Gasteiger partial charge in [-0.3, -0.25) is 4.79 Å². The zero-order chi connectivity index (χ0) is 15.0. The molecule has 0 bridgehead atoms. The Morgan fingerprint density at radius 2 is 1.95 bits per heavy atom. The second kappa shape index (κ2) is 5.30. The van der Waals surface area contributed by atoms with Crippen LogP contribution in [0.4, 0.5) is 10.1 Å². The number of benzene rings is 2. The molecule has 0 fully saturated rings. The van der Waals surface area contributed by atoms with E-state index in [0.717, 1.165) is 16.8 Å². The van der Waals surface area contributed by atoms with Crippen LogP contribution in [0.3, 0.4) is 0 Å². The Bertz CT molecular complexity index is 682. The van der Waals surface area contributed by atoms with Crippen molar-refractivity contribution in [1.29, 1.82) is 0 Å². The van der Waals surface area contributed by atoms with Crippen molar-refractivity contribution >= 4 is 11.6 Å². The Morgan fingerprint density at radius 1 is 1.24 bits per heavy atom. The third-order valence-electron chi connectivity index (χ3n) is 3.80. The fourth-order valence-corrected chi connectivity index (χ4v) is 2.67. The monoisotopic (exact) mass is 285 g/mol. The van der Waals surface area contributed by atoms with Gasteiger partial charge in [0.1, 0.15) is 5.82 Å². The van der Waals surface area contributed by atoms with Gasteiger partial charge in [0.2, 0.25) is 0 Å². The Labute approximate surface area is 122 Å². The maximum absolute atomic E-state index is 13.0. The zero-order valence-electron chi connectivity index (χ0n) is 11.7. The van der Waals surface area contributed by atoms with E-state index in [1.54, 1.807) is 4.90 Å². The number of amides is 1. The van der Waals surface area contributed by atoms with Crippen molar-refractivity contribution < 1.29 is 14.3 Å². The first-order chi connectivity index (χ1) is 10.1. The summed E-state index contributed by atoms with van der Waals surface area (Å²) in [4.78, 5) is 14.2. The minimum Gasteiger partial charge on any atom is -0.388 e. The lowest BCUT2D eigenvalue weighted by Gasteiger charge is -2.32. The lowest BCUT2D eigenvalue weighted by atomic mass is 9.96. The topological polar surface area (TPSA) is 40.5 Å². The molecule has 2 aromatic rings. The van der Waals surface area contributed by atoms with Gasteiger partial charge < -0.3 is 10.0 Å². The van der Waals surface area contributed by atoms with Crippen LogP contribution >= 0.6 is 0 Å². The summed E-state index contributed by atoms with van der Waals surface area (Å²) in [5.74, 6) is -0.538. The maximum atomic E-state index is 13.0. The maximum Gasteiger partial charge on any atom is 0.258 e. The quantitative estimate of drug-likeness (QED) is 0.874. The summed E-state index contributed by atoms with van der Waals surface area (Å²) in [5, 5.41) is 10.1. The normalized spacial score (nSPS) is 17.5. The molecule has 0 aromatic heterocycles. The van der Waals surface area contributed by atoms with E-state index in [1.807, 2.05) is 25.1 Å². The zero-order valence-corrected chi connectivity index (χ0v) is 11.7. The molecule has 3 nitrogen and oxygen atoms in total. The molecule has 4 heteroatoms. The standard InChI is InChI=1S/C17H16FNO2/c1-11-2-7-15-14(10-11)16(20)8-9-19(15)17(21)12-3-5-13(18)6-4-12/h2-7,10,16,20H,8-9H2,1H3. The Morgan fingerprint density at radius 3 is 2.67 bits per heavy atom. The fraction of sp³-hybridized carbons (Fsp3) is 0.235. The van der Waals surface area contributed by atoms with E-state index in [9.17, 15) is 14.3 Å². The number of fused-ring (bicyclic) bond motifs is 1. The van der Waals surface area contributed by atoms with E-state index in [4.69, 9.17) is 0 Å². The van der Waals surface area contributed by atoms with Crippen molar-refractivity contribution in [3.8, 4) is 0 Å². The van der Waals surface area contributed by atoms with Crippen molar-refractivity contribution in [1.82, 2.24) is 0 Å². The predicted octanol–water partition coefficient (Wildman–Crippen LogP) is 3.22. The largest absolute Gasteiger partial charge is 0.388 e. The average Bonchev–Trinajstić information content (AvgIpc) is 2.48. The molecule has 0 aliphatic carbocycles. The third kappa shape index (κ3) is 2.54. The van der Waals surface area contributed by atoms with Crippen molar-refractivity contribution in [2.24, 2.45) is 0 Å². The molecule has 0 saturated heterocycles. The SMILES string of the molecule is Cc1ccc2c(c1)C(O)CCN2C(=O)c1ccc(F)cc1. The Hall–Kier alpha value is -2.20. The molecular weight excluding hydrogens is 269 g/mol. The fourth-order valence-electron chi connectivity index (χ4n) is 2.67.